The number of nitrogens with zero attached hydrogens (tertiary/aromatic N) is 1. The summed E-state index contributed by atoms with van der Waals surface area (Å²) in [6.45, 7) is 6.14. The van der Waals surface area contributed by atoms with E-state index in [1.165, 1.54) is 70.6 Å². The van der Waals surface area contributed by atoms with Gasteiger partial charge in [0.2, 0.25) is 10.0 Å². The standard InChI is InChI=1S/C24H42N2O2S/c1-3-4-5-6-7-8-9-10-11-12-13-14-23-21-26(20-19-25-23)29(27,28)24-17-15-22(2)16-18-24/h15-18,23,25H,3-14,19-21H2,1-2H3. The topological polar surface area (TPSA) is 49.4 Å². The van der Waals surface area contributed by atoms with Crippen molar-refractivity contribution in [3.8, 4) is 0 Å². The molecule has 5 heteroatoms. The fraction of sp³-hybridized carbons (Fsp3) is 0.750. The Morgan fingerprint density at radius 3 is 2.03 bits per heavy atom. The van der Waals surface area contributed by atoms with Crippen LogP contribution in [-0.2, 0) is 10.0 Å². The fourth-order valence-electron chi connectivity index (χ4n) is 4.12. The number of nitrogens with one attached hydrogen (secondary N) is 1. The number of aryl methyl sites for hydroxylation is 1. The van der Waals surface area contributed by atoms with E-state index in [0.29, 0.717) is 18.0 Å². The van der Waals surface area contributed by atoms with Crippen molar-refractivity contribution in [2.45, 2.75) is 102 Å². The molecule has 0 saturated carbocycles. The van der Waals surface area contributed by atoms with Crippen LogP contribution in [0.2, 0.25) is 0 Å². The van der Waals surface area contributed by atoms with Gasteiger partial charge < -0.3 is 5.32 Å². The zero-order chi connectivity index (χ0) is 21.0. The monoisotopic (exact) mass is 422 g/mol. The van der Waals surface area contributed by atoms with Gasteiger partial charge in [0, 0.05) is 25.7 Å². The number of benzene rings is 1. The van der Waals surface area contributed by atoms with Crippen molar-refractivity contribution in [2.75, 3.05) is 19.6 Å². The van der Waals surface area contributed by atoms with Crippen LogP contribution < -0.4 is 5.32 Å². The number of unbranched alkanes of at least 4 members (excludes halogenated alkanes) is 10. The molecular weight excluding hydrogens is 380 g/mol. The smallest absolute Gasteiger partial charge is 0.243 e. The van der Waals surface area contributed by atoms with E-state index >= 15 is 0 Å². The van der Waals surface area contributed by atoms with Crippen molar-refractivity contribution in [2.24, 2.45) is 0 Å². The third-order valence-electron chi connectivity index (χ3n) is 6.03. The summed E-state index contributed by atoms with van der Waals surface area (Å²) in [5.74, 6) is 0. The minimum atomic E-state index is -3.37. The number of hydrogen-bond acceptors (Lipinski definition) is 3. The highest BCUT2D eigenvalue weighted by Crippen LogP contribution is 2.20. The molecule has 4 nitrogen and oxygen atoms in total. The first-order valence-electron chi connectivity index (χ1n) is 11.8. The lowest BCUT2D eigenvalue weighted by molar-refractivity contribution is 0.284. The predicted octanol–water partition coefficient (Wildman–Crippen LogP) is 5.66. The van der Waals surface area contributed by atoms with Gasteiger partial charge in [-0.25, -0.2) is 8.42 Å². The lowest BCUT2D eigenvalue weighted by Gasteiger charge is -2.33. The Hall–Kier alpha value is -0.910. The van der Waals surface area contributed by atoms with E-state index in [2.05, 4.69) is 12.2 Å². The van der Waals surface area contributed by atoms with Crippen molar-refractivity contribution in [3.63, 3.8) is 0 Å². The molecule has 166 valence electrons. The van der Waals surface area contributed by atoms with E-state index in [9.17, 15) is 8.42 Å². The number of hydrogen-bond donors (Lipinski definition) is 1. The van der Waals surface area contributed by atoms with Crippen LogP contribution in [0.4, 0.5) is 0 Å². The zero-order valence-electron chi connectivity index (χ0n) is 18.7. The maximum absolute atomic E-state index is 12.9. The highest BCUT2D eigenvalue weighted by Gasteiger charge is 2.29. The van der Waals surface area contributed by atoms with Crippen LogP contribution in [0.15, 0.2) is 29.2 Å². The van der Waals surface area contributed by atoms with Crippen LogP contribution in [0.25, 0.3) is 0 Å². The van der Waals surface area contributed by atoms with Crippen LogP contribution in [0.1, 0.15) is 89.5 Å². The van der Waals surface area contributed by atoms with E-state index in [1.807, 2.05) is 19.1 Å². The van der Waals surface area contributed by atoms with E-state index in [4.69, 9.17) is 0 Å². The summed E-state index contributed by atoms with van der Waals surface area (Å²) in [4.78, 5) is 0.415. The average Bonchev–Trinajstić information content (AvgIpc) is 2.72. The second-order valence-corrected chi connectivity index (χ2v) is 10.6. The van der Waals surface area contributed by atoms with E-state index in [-0.39, 0.29) is 6.04 Å². The summed E-state index contributed by atoms with van der Waals surface area (Å²) >= 11 is 0. The van der Waals surface area contributed by atoms with E-state index in [0.717, 1.165) is 18.5 Å². The molecule has 1 fully saturated rings. The van der Waals surface area contributed by atoms with Crippen molar-refractivity contribution >= 4 is 10.0 Å². The quantitative estimate of drug-likeness (QED) is 0.394. The van der Waals surface area contributed by atoms with Crippen molar-refractivity contribution in [1.29, 1.82) is 0 Å². The molecule has 0 bridgehead atoms. The minimum Gasteiger partial charge on any atom is -0.311 e. The third-order valence-corrected chi connectivity index (χ3v) is 7.91. The molecule has 1 aliphatic heterocycles. The minimum absolute atomic E-state index is 0.280. The molecule has 1 heterocycles. The normalized spacial score (nSPS) is 18.2. The zero-order valence-corrected chi connectivity index (χ0v) is 19.5. The predicted molar refractivity (Wildman–Crippen MR) is 123 cm³/mol. The first kappa shape index (κ1) is 24.4. The molecule has 29 heavy (non-hydrogen) atoms. The van der Waals surface area contributed by atoms with Crippen LogP contribution >= 0.6 is 0 Å². The van der Waals surface area contributed by atoms with Crippen LogP contribution in [-0.4, -0.2) is 38.4 Å². The highest BCUT2D eigenvalue weighted by atomic mass is 32.2. The summed E-state index contributed by atoms with van der Waals surface area (Å²) < 4.78 is 27.5. The molecule has 2 rings (SSSR count). The maximum atomic E-state index is 12.9. The second kappa shape index (κ2) is 13.4. The van der Waals surface area contributed by atoms with Gasteiger partial charge in [0.15, 0.2) is 0 Å². The number of sulfonamides is 1. The first-order chi connectivity index (χ1) is 14.0. The third kappa shape index (κ3) is 8.77. The summed E-state index contributed by atoms with van der Waals surface area (Å²) in [6.07, 6.45) is 15.9. The van der Waals surface area contributed by atoms with E-state index in [1.54, 1.807) is 16.4 Å². The molecule has 0 amide bonds. The molecular formula is C24H42N2O2S. The van der Waals surface area contributed by atoms with Gasteiger partial charge in [-0.3, -0.25) is 0 Å². The van der Waals surface area contributed by atoms with Crippen LogP contribution in [0.3, 0.4) is 0 Å². The molecule has 0 radical (unpaired) electrons. The lowest BCUT2D eigenvalue weighted by atomic mass is 10.0. The Morgan fingerprint density at radius 1 is 0.897 bits per heavy atom. The Balaban J connectivity index is 1.60. The lowest BCUT2D eigenvalue weighted by Crippen LogP contribution is -2.52. The molecule has 1 aromatic rings. The largest absolute Gasteiger partial charge is 0.311 e. The molecule has 0 aliphatic carbocycles. The SMILES string of the molecule is CCCCCCCCCCCCCC1CN(S(=O)(=O)c2ccc(C)cc2)CCN1. The van der Waals surface area contributed by atoms with Crippen LogP contribution in [0.5, 0.6) is 0 Å². The Kier molecular flexibility index (Phi) is 11.3. The van der Waals surface area contributed by atoms with E-state index < -0.39 is 10.0 Å². The molecule has 1 aliphatic rings. The highest BCUT2D eigenvalue weighted by molar-refractivity contribution is 7.89. The van der Waals surface area contributed by atoms with Crippen LogP contribution in [0, 0.1) is 6.92 Å². The van der Waals surface area contributed by atoms with Gasteiger partial charge in [-0.05, 0) is 25.5 Å². The Morgan fingerprint density at radius 2 is 1.45 bits per heavy atom. The summed E-state index contributed by atoms with van der Waals surface area (Å²) in [7, 11) is -3.37. The molecule has 0 aromatic heterocycles. The Bertz CT molecular complexity index is 658. The maximum Gasteiger partial charge on any atom is 0.243 e. The molecule has 1 atom stereocenters. The Labute approximate surface area is 179 Å². The van der Waals surface area contributed by atoms with Gasteiger partial charge in [-0.1, -0.05) is 95.2 Å². The first-order valence-corrected chi connectivity index (χ1v) is 13.3. The summed E-state index contributed by atoms with van der Waals surface area (Å²) in [5.41, 5.74) is 1.08. The molecule has 1 aromatic carbocycles. The van der Waals surface area contributed by atoms with Crippen molar-refractivity contribution in [3.05, 3.63) is 29.8 Å². The van der Waals surface area contributed by atoms with Gasteiger partial charge in [0.05, 0.1) is 4.90 Å². The fourth-order valence-corrected chi connectivity index (χ4v) is 5.61. The van der Waals surface area contributed by atoms with Gasteiger partial charge in [0.1, 0.15) is 0 Å². The van der Waals surface area contributed by atoms with Crippen molar-refractivity contribution < 1.29 is 8.42 Å². The molecule has 1 saturated heterocycles. The number of rotatable bonds is 14. The molecule has 1 unspecified atom stereocenters. The van der Waals surface area contributed by atoms with Gasteiger partial charge >= 0.3 is 0 Å². The number of piperazine rings is 1. The average molecular weight is 423 g/mol. The van der Waals surface area contributed by atoms with Gasteiger partial charge in [-0.2, -0.15) is 4.31 Å². The molecule has 0 spiro atoms. The summed E-state index contributed by atoms with van der Waals surface area (Å²) in [6, 6.07) is 7.48. The van der Waals surface area contributed by atoms with Gasteiger partial charge in [-0.15, -0.1) is 0 Å². The second-order valence-electron chi connectivity index (χ2n) is 8.65. The van der Waals surface area contributed by atoms with Crippen molar-refractivity contribution in [1.82, 2.24) is 9.62 Å². The summed E-state index contributed by atoms with van der Waals surface area (Å²) in [5, 5.41) is 3.51. The van der Waals surface area contributed by atoms with Gasteiger partial charge in [0.25, 0.3) is 0 Å². The molecule has 1 N–H and O–H groups in total.